The van der Waals surface area contributed by atoms with Crippen molar-refractivity contribution in [1.29, 1.82) is 0 Å². The van der Waals surface area contributed by atoms with Gasteiger partial charge >= 0.3 is 0 Å². The summed E-state index contributed by atoms with van der Waals surface area (Å²) in [6, 6.07) is 14.2. The average molecular weight is 477 g/mol. The van der Waals surface area contributed by atoms with Crippen molar-refractivity contribution < 1.29 is 19.4 Å². The molecule has 1 amide bonds. The second-order valence-corrected chi connectivity index (χ2v) is 9.89. The van der Waals surface area contributed by atoms with Gasteiger partial charge in [-0.2, -0.15) is 0 Å². The van der Waals surface area contributed by atoms with Crippen molar-refractivity contribution in [3.63, 3.8) is 0 Å². The highest BCUT2D eigenvalue weighted by Crippen LogP contribution is 2.49. The molecule has 3 atom stereocenters. The van der Waals surface area contributed by atoms with Crippen LogP contribution < -0.4 is 14.4 Å². The van der Waals surface area contributed by atoms with E-state index in [9.17, 15) is 9.90 Å². The summed E-state index contributed by atoms with van der Waals surface area (Å²) in [6.07, 6.45) is 8.04. The highest BCUT2D eigenvalue weighted by atomic mass is 16.7. The number of piperidine rings is 1. The summed E-state index contributed by atoms with van der Waals surface area (Å²) in [5.74, 6) is 1.46. The Morgan fingerprint density at radius 2 is 1.86 bits per heavy atom. The third-order valence-corrected chi connectivity index (χ3v) is 8.03. The van der Waals surface area contributed by atoms with Gasteiger partial charge in [0.1, 0.15) is 0 Å². The maximum absolute atomic E-state index is 13.5. The molecule has 6 heteroatoms. The van der Waals surface area contributed by atoms with Gasteiger partial charge in [0.2, 0.25) is 12.7 Å². The third kappa shape index (κ3) is 4.64. The molecule has 0 radical (unpaired) electrons. The molecule has 35 heavy (non-hydrogen) atoms. The van der Waals surface area contributed by atoms with Gasteiger partial charge < -0.3 is 24.4 Å². The number of rotatable bonds is 6. The molecule has 0 unspecified atom stereocenters. The lowest BCUT2D eigenvalue weighted by molar-refractivity contribution is -0.150. The number of nitrogens with zero attached hydrogens (tertiary/aromatic N) is 2. The largest absolute Gasteiger partial charge is 0.454 e. The van der Waals surface area contributed by atoms with E-state index in [0.29, 0.717) is 18.7 Å². The zero-order chi connectivity index (χ0) is 24.4. The zero-order valence-corrected chi connectivity index (χ0v) is 20.8. The topological polar surface area (TPSA) is 62.2 Å². The number of likely N-dealkylation sites (tertiary alicyclic amines) is 1. The number of ether oxygens (including phenoxy) is 2. The molecule has 1 N–H and O–H groups in total. The number of benzene rings is 2. The van der Waals surface area contributed by atoms with Crippen LogP contribution in [0.5, 0.6) is 11.5 Å². The molecule has 0 aromatic heterocycles. The van der Waals surface area contributed by atoms with Crippen LogP contribution in [0.25, 0.3) is 6.08 Å². The van der Waals surface area contributed by atoms with E-state index in [-0.39, 0.29) is 24.7 Å². The smallest absolute Gasteiger partial charge is 0.247 e. The molecular weight excluding hydrogens is 440 g/mol. The Labute approximate surface area is 208 Å². The van der Waals surface area contributed by atoms with Crippen LogP contribution in [0, 0.1) is 5.92 Å². The van der Waals surface area contributed by atoms with Crippen LogP contribution in [0.2, 0.25) is 0 Å². The maximum atomic E-state index is 13.5. The van der Waals surface area contributed by atoms with Crippen LogP contribution >= 0.6 is 0 Å². The van der Waals surface area contributed by atoms with Crippen molar-refractivity contribution in [3.05, 3.63) is 59.7 Å². The number of hydrogen-bond acceptors (Lipinski definition) is 5. The molecule has 186 valence electrons. The molecule has 2 fully saturated rings. The monoisotopic (exact) mass is 476 g/mol. The number of hydrogen-bond donors (Lipinski definition) is 1. The maximum Gasteiger partial charge on any atom is 0.247 e. The van der Waals surface area contributed by atoms with E-state index >= 15 is 0 Å². The number of anilines is 1. The normalized spacial score (nSPS) is 25.5. The summed E-state index contributed by atoms with van der Waals surface area (Å²) >= 11 is 0. The molecular formula is C29H36N2O4. The minimum Gasteiger partial charge on any atom is -0.454 e. The van der Waals surface area contributed by atoms with E-state index in [1.165, 1.54) is 5.69 Å². The summed E-state index contributed by atoms with van der Waals surface area (Å²) in [6.45, 7) is 7.02. The molecule has 2 aromatic carbocycles. The Balaban J connectivity index is 1.42. The van der Waals surface area contributed by atoms with Crippen molar-refractivity contribution >= 4 is 17.7 Å². The summed E-state index contributed by atoms with van der Waals surface area (Å²) in [7, 11) is 0. The molecule has 1 saturated heterocycles. The van der Waals surface area contributed by atoms with E-state index in [0.717, 1.165) is 55.6 Å². The Morgan fingerprint density at radius 1 is 1.09 bits per heavy atom. The first-order valence-corrected chi connectivity index (χ1v) is 13.0. The van der Waals surface area contributed by atoms with Crippen LogP contribution in [0.15, 0.2) is 48.5 Å². The summed E-state index contributed by atoms with van der Waals surface area (Å²) in [4.78, 5) is 17.8. The minimum absolute atomic E-state index is 0.0203. The van der Waals surface area contributed by atoms with E-state index < -0.39 is 5.60 Å². The van der Waals surface area contributed by atoms with Crippen molar-refractivity contribution in [2.24, 2.45) is 5.92 Å². The van der Waals surface area contributed by atoms with Crippen LogP contribution in [-0.4, -0.2) is 47.9 Å². The second-order valence-electron chi connectivity index (χ2n) is 9.89. The highest BCUT2D eigenvalue weighted by molar-refractivity contribution is 5.92. The van der Waals surface area contributed by atoms with E-state index in [1.54, 1.807) is 6.08 Å². The van der Waals surface area contributed by atoms with E-state index in [1.807, 2.05) is 29.2 Å². The molecule has 0 bridgehead atoms. The van der Waals surface area contributed by atoms with Crippen molar-refractivity contribution in [2.75, 3.05) is 31.3 Å². The number of fused-ring (bicyclic) bond motifs is 2. The molecule has 2 heterocycles. The molecule has 6 nitrogen and oxygen atoms in total. The van der Waals surface area contributed by atoms with Gasteiger partial charge in [-0.15, -0.1) is 0 Å². The van der Waals surface area contributed by atoms with Crippen molar-refractivity contribution in [1.82, 2.24) is 4.90 Å². The van der Waals surface area contributed by atoms with E-state index in [4.69, 9.17) is 9.47 Å². The third-order valence-electron chi connectivity index (χ3n) is 8.03. The number of carbonyl (C=O) groups excluding carboxylic acids is 1. The fourth-order valence-corrected chi connectivity index (χ4v) is 6.09. The van der Waals surface area contributed by atoms with Gasteiger partial charge in [0.25, 0.3) is 0 Å². The van der Waals surface area contributed by atoms with Gasteiger partial charge in [0.15, 0.2) is 11.5 Å². The van der Waals surface area contributed by atoms with Gasteiger partial charge in [0, 0.05) is 37.3 Å². The predicted octanol–water partition coefficient (Wildman–Crippen LogP) is 5.17. The first-order chi connectivity index (χ1) is 17.0. The summed E-state index contributed by atoms with van der Waals surface area (Å²) in [5, 5.41) is 11.5. The Morgan fingerprint density at radius 3 is 2.63 bits per heavy atom. The molecule has 1 aliphatic carbocycles. The van der Waals surface area contributed by atoms with Crippen LogP contribution in [0.3, 0.4) is 0 Å². The predicted molar refractivity (Wildman–Crippen MR) is 138 cm³/mol. The fraction of sp³-hybridized carbons (Fsp3) is 0.483. The lowest BCUT2D eigenvalue weighted by atomic mass is 9.66. The fourth-order valence-electron chi connectivity index (χ4n) is 6.09. The zero-order valence-electron chi connectivity index (χ0n) is 20.8. The SMILES string of the molecule is CCN(CC)c1ccc([C@H]2[C@H]3CCCC[C@]3(O)CCN2C(=O)/C=C/c2ccc3c(c2)OCO3)cc1. The summed E-state index contributed by atoms with van der Waals surface area (Å²) in [5.41, 5.74) is 2.50. The average Bonchev–Trinajstić information content (AvgIpc) is 3.35. The lowest BCUT2D eigenvalue weighted by Gasteiger charge is -2.52. The first kappa shape index (κ1) is 23.7. The molecule has 0 spiro atoms. The molecule has 2 aromatic rings. The van der Waals surface area contributed by atoms with Gasteiger partial charge in [0.05, 0.1) is 11.6 Å². The Kier molecular flexibility index (Phi) is 6.74. The molecule has 3 aliphatic rings. The first-order valence-electron chi connectivity index (χ1n) is 13.0. The standard InChI is InChI=1S/C29H36N2O4/c1-3-30(4-2)23-12-10-22(11-13-23)28-24-7-5-6-16-29(24,33)17-18-31(28)27(32)15-9-21-8-14-25-26(19-21)35-20-34-25/h8-15,19,24,28,33H,3-7,16-18,20H2,1-2H3/b15-9+/t24-,28+,29+/m1/s1. The number of carbonyl (C=O) groups is 1. The summed E-state index contributed by atoms with van der Waals surface area (Å²) < 4.78 is 10.9. The molecule has 5 rings (SSSR count). The number of amides is 1. The molecule has 1 saturated carbocycles. The van der Waals surface area contributed by atoms with Gasteiger partial charge in [-0.05, 0) is 74.6 Å². The van der Waals surface area contributed by atoms with E-state index in [2.05, 4.69) is 43.0 Å². The van der Waals surface area contributed by atoms with Gasteiger partial charge in [-0.1, -0.05) is 31.0 Å². The van der Waals surface area contributed by atoms with Gasteiger partial charge in [-0.25, -0.2) is 0 Å². The Hall–Kier alpha value is -2.99. The number of aliphatic hydroxyl groups is 1. The molecule has 2 aliphatic heterocycles. The van der Waals surface area contributed by atoms with Crippen LogP contribution in [-0.2, 0) is 4.79 Å². The highest BCUT2D eigenvalue weighted by Gasteiger charge is 2.49. The lowest BCUT2D eigenvalue weighted by Crippen LogP contribution is -2.56. The second kappa shape index (κ2) is 9.94. The Bertz CT molecular complexity index is 1080. The van der Waals surface area contributed by atoms with Gasteiger partial charge in [-0.3, -0.25) is 4.79 Å². The van der Waals surface area contributed by atoms with Crippen LogP contribution in [0.1, 0.15) is 63.1 Å². The van der Waals surface area contributed by atoms with Crippen molar-refractivity contribution in [3.8, 4) is 11.5 Å². The minimum atomic E-state index is -0.696. The van der Waals surface area contributed by atoms with Crippen LogP contribution in [0.4, 0.5) is 5.69 Å². The quantitative estimate of drug-likeness (QED) is 0.583. The van der Waals surface area contributed by atoms with Crippen molar-refractivity contribution in [2.45, 2.75) is 57.6 Å².